The van der Waals surface area contributed by atoms with Crippen LogP contribution in [0, 0.1) is 0 Å². The second-order valence-electron chi connectivity index (χ2n) is 10.4. The van der Waals surface area contributed by atoms with Gasteiger partial charge in [-0.2, -0.15) is 0 Å². The second-order valence-corrected chi connectivity index (χ2v) is 10.8. The van der Waals surface area contributed by atoms with E-state index in [1.807, 2.05) is 15.9 Å². The van der Waals surface area contributed by atoms with Gasteiger partial charge < -0.3 is 24.9 Å². The molecule has 1 aromatic heterocycles. The van der Waals surface area contributed by atoms with Crippen LogP contribution in [0.2, 0.25) is 5.02 Å². The quantitative estimate of drug-likeness (QED) is 0.624. The van der Waals surface area contributed by atoms with Crippen molar-refractivity contribution in [3.05, 3.63) is 40.9 Å². The molecule has 4 aliphatic rings. The topological polar surface area (TPSA) is 64.0 Å². The maximum absolute atomic E-state index is 12.7. The summed E-state index contributed by atoms with van der Waals surface area (Å²) in [5.74, 6) is 1.76. The number of fused-ring (bicyclic) bond motifs is 4. The van der Waals surface area contributed by atoms with Crippen LogP contribution in [0.3, 0.4) is 0 Å². The van der Waals surface area contributed by atoms with E-state index in [4.69, 9.17) is 16.0 Å². The first kappa shape index (κ1) is 22.1. The van der Waals surface area contributed by atoms with Crippen molar-refractivity contribution in [2.75, 3.05) is 44.6 Å². The Kier molecular flexibility index (Phi) is 5.65. The molecule has 2 N–H and O–H groups in total. The summed E-state index contributed by atoms with van der Waals surface area (Å²) in [5.41, 5.74) is 2.87. The smallest absolute Gasteiger partial charge is 0.320 e. The molecule has 1 spiro atoms. The number of likely N-dealkylation sites (tertiary alicyclic amines) is 1. The summed E-state index contributed by atoms with van der Waals surface area (Å²) in [7, 11) is 0. The van der Waals surface area contributed by atoms with E-state index >= 15 is 0 Å². The van der Waals surface area contributed by atoms with Gasteiger partial charge in [0.1, 0.15) is 11.3 Å². The molecule has 3 fully saturated rings. The van der Waals surface area contributed by atoms with Gasteiger partial charge in [-0.25, -0.2) is 4.79 Å². The molecule has 0 unspecified atom stereocenters. The van der Waals surface area contributed by atoms with E-state index in [1.165, 1.54) is 19.3 Å². The van der Waals surface area contributed by atoms with Crippen LogP contribution in [0.25, 0.3) is 11.0 Å². The first-order valence-electron chi connectivity index (χ1n) is 12.8. The highest BCUT2D eigenvalue weighted by Crippen LogP contribution is 2.49. The van der Waals surface area contributed by atoms with E-state index in [9.17, 15) is 4.79 Å². The zero-order chi connectivity index (χ0) is 23.3. The van der Waals surface area contributed by atoms with Gasteiger partial charge in [0, 0.05) is 50.2 Å². The van der Waals surface area contributed by atoms with Gasteiger partial charge in [0.05, 0.1) is 28.6 Å². The summed E-state index contributed by atoms with van der Waals surface area (Å²) < 4.78 is 6.54. The van der Waals surface area contributed by atoms with E-state index in [1.54, 1.807) is 0 Å². The molecule has 1 aromatic carbocycles. The third kappa shape index (κ3) is 3.83. The fourth-order valence-electron chi connectivity index (χ4n) is 6.35. The normalized spacial score (nSPS) is 22.7. The minimum atomic E-state index is -0.171. The molecular formula is C26H34ClN5O2. The van der Waals surface area contributed by atoms with Gasteiger partial charge in [-0.15, -0.1) is 0 Å². The van der Waals surface area contributed by atoms with Gasteiger partial charge in [-0.3, -0.25) is 4.90 Å². The Bertz CT molecular complexity index is 1110. The van der Waals surface area contributed by atoms with Crippen LogP contribution in [-0.2, 0) is 12.1 Å². The number of piperazine rings is 1. The summed E-state index contributed by atoms with van der Waals surface area (Å²) in [6.45, 7) is 9.99. The summed E-state index contributed by atoms with van der Waals surface area (Å²) in [5, 5.41) is 8.81. The Labute approximate surface area is 206 Å². The zero-order valence-corrected chi connectivity index (χ0v) is 20.6. The Morgan fingerprint density at radius 2 is 1.71 bits per heavy atom. The first-order chi connectivity index (χ1) is 16.5. The van der Waals surface area contributed by atoms with Crippen LogP contribution in [0.4, 0.5) is 10.5 Å². The fourth-order valence-corrected chi connectivity index (χ4v) is 6.61. The van der Waals surface area contributed by atoms with Gasteiger partial charge in [0.2, 0.25) is 0 Å². The molecule has 1 aliphatic carbocycles. The van der Waals surface area contributed by atoms with Crippen LogP contribution < -0.4 is 10.6 Å². The maximum atomic E-state index is 12.7. The monoisotopic (exact) mass is 483 g/mol. The van der Waals surface area contributed by atoms with Crippen molar-refractivity contribution < 1.29 is 9.21 Å². The second kappa shape index (κ2) is 8.68. The van der Waals surface area contributed by atoms with Gasteiger partial charge in [0.15, 0.2) is 0 Å². The molecule has 0 atom stereocenters. The van der Waals surface area contributed by atoms with Crippen molar-refractivity contribution in [1.29, 1.82) is 0 Å². The summed E-state index contributed by atoms with van der Waals surface area (Å²) in [4.78, 5) is 19.1. The van der Waals surface area contributed by atoms with Gasteiger partial charge in [0.25, 0.3) is 0 Å². The molecule has 0 radical (unpaired) electrons. The van der Waals surface area contributed by atoms with Crippen LogP contribution >= 0.6 is 11.6 Å². The number of nitrogens with one attached hydrogen (secondary N) is 2. The number of hydrogen-bond donors (Lipinski definition) is 2. The third-order valence-electron chi connectivity index (χ3n) is 8.06. The number of halogens is 1. The van der Waals surface area contributed by atoms with Gasteiger partial charge >= 0.3 is 6.03 Å². The molecule has 182 valence electrons. The molecule has 0 bridgehead atoms. The number of nitrogens with zero attached hydrogens (tertiary/aromatic N) is 3. The van der Waals surface area contributed by atoms with Gasteiger partial charge in [-0.05, 0) is 37.8 Å². The Morgan fingerprint density at radius 1 is 1.00 bits per heavy atom. The number of amides is 2. The number of urea groups is 1. The van der Waals surface area contributed by atoms with Crippen molar-refractivity contribution in [1.82, 2.24) is 20.0 Å². The average molecular weight is 484 g/mol. The molecule has 3 aliphatic heterocycles. The lowest BCUT2D eigenvalue weighted by Crippen LogP contribution is -2.52. The van der Waals surface area contributed by atoms with Crippen LogP contribution in [-0.4, -0.2) is 60.0 Å². The number of carbonyl (C=O) groups is 1. The van der Waals surface area contributed by atoms with E-state index in [-0.39, 0.29) is 11.6 Å². The third-order valence-corrected chi connectivity index (χ3v) is 8.36. The molecule has 34 heavy (non-hydrogen) atoms. The first-order valence-corrected chi connectivity index (χ1v) is 13.2. The molecular weight excluding hydrogens is 450 g/mol. The Balaban J connectivity index is 1.23. The molecule has 2 aromatic rings. The average Bonchev–Trinajstić information content (AvgIpc) is 3.50. The van der Waals surface area contributed by atoms with Crippen molar-refractivity contribution in [2.45, 2.75) is 57.0 Å². The molecule has 8 heteroatoms. The highest BCUT2D eigenvalue weighted by atomic mass is 35.5. The lowest BCUT2D eigenvalue weighted by atomic mass is 9.74. The number of carbonyl (C=O) groups excluding carboxylic acids is 1. The van der Waals surface area contributed by atoms with E-state index in [2.05, 4.69) is 28.2 Å². The fraction of sp³-hybridized carbons (Fsp3) is 0.577. The van der Waals surface area contributed by atoms with E-state index < -0.39 is 0 Å². The van der Waals surface area contributed by atoms with E-state index in [0.29, 0.717) is 0 Å². The van der Waals surface area contributed by atoms with Crippen LogP contribution in [0.5, 0.6) is 0 Å². The molecule has 6 rings (SSSR count). The van der Waals surface area contributed by atoms with E-state index in [0.717, 1.165) is 110 Å². The molecule has 2 amide bonds. The molecule has 7 nitrogen and oxygen atoms in total. The largest absolute Gasteiger partial charge is 0.459 e. The predicted octanol–water partition coefficient (Wildman–Crippen LogP) is 5.07. The lowest BCUT2D eigenvalue weighted by molar-refractivity contribution is 0.112. The number of rotatable bonds is 2. The standard InChI is InChI=1S/C26H34ClN5O2/c1-18-28-23-21(27)16-19-15-20(34-24(19)22(23)26(29-18)7-3-2-4-8-26)17-30-11-13-32(14-12-30)25(33)31-9-5-6-10-31/h15-16,28-29H,1-14,17H2. The van der Waals surface area contributed by atoms with Crippen LogP contribution in [0.1, 0.15) is 56.3 Å². The lowest BCUT2D eigenvalue weighted by Gasteiger charge is -2.44. The minimum absolute atomic E-state index is 0.171. The molecule has 2 saturated heterocycles. The predicted molar refractivity (Wildman–Crippen MR) is 135 cm³/mol. The number of benzene rings is 1. The number of hydrogen-bond acceptors (Lipinski definition) is 5. The Morgan fingerprint density at radius 3 is 2.44 bits per heavy atom. The van der Waals surface area contributed by atoms with Crippen molar-refractivity contribution in [2.24, 2.45) is 0 Å². The Hall–Kier alpha value is -2.38. The maximum Gasteiger partial charge on any atom is 0.320 e. The van der Waals surface area contributed by atoms with Gasteiger partial charge in [-0.1, -0.05) is 37.4 Å². The highest BCUT2D eigenvalue weighted by molar-refractivity contribution is 6.34. The highest BCUT2D eigenvalue weighted by Gasteiger charge is 2.42. The van der Waals surface area contributed by atoms with Crippen LogP contribution in [0.15, 0.2) is 28.9 Å². The summed E-state index contributed by atoms with van der Waals surface area (Å²) in [6.07, 6.45) is 8.00. The summed E-state index contributed by atoms with van der Waals surface area (Å²) in [6, 6.07) is 4.36. The number of anilines is 1. The summed E-state index contributed by atoms with van der Waals surface area (Å²) >= 11 is 6.76. The SMILES string of the molecule is C=C1Nc2c(Cl)cc3cc(CN4CCN(C(=O)N5CCCC5)CC4)oc3c2C2(CCCCC2)N1. The zero-order valence-electron chi connectivity index (χ0n) is 19.8. The molecule has 1 saturated carbocycles. The number of furan rings is 1. The molecule has 4 heterocycles. The minimum Gasteiger partial charge on any atom is -0.459 e. The van der Waals surface area contributed by atoms with Crippen molar-refractivity contribution >= 4 is 34.3 Å². The van der Waals surface area contributed by atoms with Crippen molar-refractivity contribution in [3.63, 3.8) is 0 Å². The van der Waals surface area contributed by atoms with Crippen molar-refractivity contribution in [3.8, 4) is 0 Å².